The van der Waals surface area contributed by atoms with Crippen LogP contribution in [0.1, 0.15) is 35.7 Å². The first kappa shape index (κ1) is 20.7. The molecule has 6 nitrogen and oxygen atoms in total. The van der Waals surface area contributed by atoms with Gasteiger partial charge in [0.1, 0.15) is 5.56 Å². The molecule has 29 heavy (non-hydrogen) atoms. The molecular formula is C23H27NO5. The van der Waals surface area contributed by atoms with Crippen molar-refractivity contribution in [2.75, 3.05) is 20.2 Å². The van der Waals surface area contributed by atoms with Gasteiger partial charge in [0.15, 0.2) is 17.6 Å². The van der Waals surface area contributed by atoms with Gasteiger partial charge >= 0.3 is 5.97 Å². The maximum Gasteiger partial charge on any atom is 0.342 e. The number of nitrogens with zero attached hydrogens (tertiary/aromatic N) is 1. The van der Waals surface area contributed by atoms with Crippen molar-refractivity contribution in [2.24, 2.45) is 5.92 Å². The SMILES string of the molecule is COc1cccc(C(=O)OC(C)C(=O)N2CCC(Cc3ccccc3)CC2)c1O. The largest absolute Gasteiger partial charge is 0.504 e. The molecule has 154 valence electrons. The number of carbonyl (C=O) groups excluding carboxylic acids is 2. The molecule has 1 amide bonds. The highest BCUT2D eigenvalue weighted by molar-refractivity contribution is 5.95. The highest BCUT2D eigenvalue weighted by Crippen LogP contribution is 2.30. The van der Waals surface area contributed by atoms with E-state index >= 15 is 0 Å². The number of methoxy groups -OCH3 is 1. The van der Waals surface area contributed by atoms with Gasteiger partial charge in [-0.05, 0) is 49.8 Å². The molecule has 6 heteroatoms. The Balaban J connectivity index is 1.52. The third-order valence-corrected chi connectivity index (χ3v) is 5.36. The molecule has 0 bridgehead atoms. The summed E-state index contributed by atoms with van der Waals surface area (Å²) in [5, 5.41) is 10.1. The zero-order valence-electron chi connectivity index (χ0n) is 16.8. The van der Waals surface area contributed by atoms with E-state index in [0.717, 1.165) is 19.3 Å². The van der Waals surface area contributed by atoms with E-state index in [1.165, 1.54) is 18.7 Å². The molecule has 1 heterocycles. The average molecular weight is 397 g/mol. The van der Waals surface area contributed by atoms with Crippen molar-refractivity contribution >= 4 is 11.9 Å². The highest BCUT2D eigenvalue weighted by Gasteiger charge is 2.29. The number of carbonyl (C=O) groups is 2. The summed E-state index contributed by atoms with van der Waals surface area (Å²) in [5.41, 5.74) is 1.29. The molecule has 0 aliphatic carbocycles. The first-order valence-electron chi connectivity index (χ1n) is 9.89. The number of phenolic OH excluding ortho intramolecular Hbond substituents is 1. The van der Waals surface area contributed by atoms with E-state index in [1.807, 2.05) is 18.2 Å². The lowest BCUT2D eigenvalue weighted by molar-refractivity contribution is -0.141. The van der Waals surface area contributed by atoms with Gasteiger partial charge in [-0.25, -0.2) is 4.79 Å². The normalized spacial score (nSPS) is 15.6. The van der Waals surface area contributed by atoms with Crippen LogP contribution in [-0.4, -0.2) is 48.2 Å². The first-order chi connectivity index (χ1) is 14.0. The van der Waals surface area contributed by atoms with Crippen LogP contribution in [0.15, 0.2) is 48.5 Å². The quantitative estimate of drug-likeness (QED) is 0.756. The minimum Gasteiger partial charge on any atom is -0.504 e. The fourth-order valence-corrected chi connectivity index (χ4v) is 3.69. The highest BCUT2D eigenvalue weighted by atomic mass is 16.5. The second kappa shape index (κ2) is 9.45. The molecule has 0 saturated carbocycles. The second-order valence-corrected chi connectivity index (χ2v) is 7.36. The molecular weight excluding hydrogens is 370 g/mol. The minimum absolute atomic E-state index is 0.0226. The maximum absolute atomic E-state index is 12.7. The topological polar surface area (TPSA) is 76.1 Å². The number of hydrogen-bond acceptors (Lipinski definition) is 5. The summed E-state index contributed by atoms with van der Waals surface area (Å²) in [7, 11) is 1.40. The molecule has 2 aromatic rings. The number of rotatable bonds is 6. The van der Waals surface area contributed by atoms with Gasteiger partial charge in [0.25, 0.3) is 5.91 Å². The summed E-state index contributed by atoms with van der Waals surface area (Å²) >= 11 is 0. The average Bonchev–Trinajstić information content (AvgIpc) is 2.74. The third-order valence-electron chi connectivity index (χ3n) is 5.36. The van der Waals surface area contributed by atoms with Crippen molar-refractivity contribution in [3.63, 3.8) is 0 Å². The van der Waals surface area contributed by atoms with E-state index < -0.39 is 12.1 Å². The summed E-state index contributed by atoms with van der Waals surface area (Å²) in [6, 6.07) is 14.9. The van der Waals surface area contributed by atoms with Gasteiger partial charge < -0.3 is 19.5 Å². The minimum atomic E-state index is -0.918. The van der Waals surface area contributed by atoms with Crippen molar-refractivity contribution in [1.29, 1.82) is 0 Å². The monoisotopic (exact) mass is 397 g/mol. The smallest absolute Gasteiger partial charge is 0.342 e. The first-order valence-corrected chi connectivity index (χ1v) is 9.89. The Kier molecular flexibility index (Phi) is 6.75. The fourth-order valence-electron chi connectivity index (χ4n) is 3.69. The lowest BCUT2D eigenvalue weighted by Crippen LogP contribution is -2.44. The van der Waals surface area contributed by atoms with Crippen LogP contribution in [0.2, 0.25) is 0 Å². The summed E-state index contributed by atoms with van der Waals surface area (Å²) in [6.45, 7) is 2.87. The van der Waals surface area contributed by atoms with Gasteiger partial charge in [0.05, 0.1) is 7.11 Å². The molecule has 3 rings (SSSR count). The van der Waals surface area contributed by atoms with Crippen molar-refractivity contribution in [2.45, 2.75) is 32.3 Å². The van der Waals surface area contributed by atoms with E-state index in [1.54, 1.807) is 24.0 Å². The summed E-state index contributed by atoms with van der Waals surface area (Å²) in [5.74, 6) is -0.520. The maximum atomic E-state index is 12.7. The van der Waals surface area contributed by atoms with Gasteiger partial charge in [-0.1, -0.05) is 36.4 Å². The Morgan fingerprint density at radius 3 is 2.45 bits per heavy atom. The number of piperidine rings is 1. The van der Waals surface area contributed by atoms with Crippen LogP contribution < -0.4 is 4.74 Å². The van der Waals surface area contributed by atoms with Gasteiger partial charge in [0.2, 0.25) is 0 Å². The Labute approximate surface area is 171 Å². The van der Waals surface area contributed by atoms with Crippen LogP contribution >= 0.6 is 0 Å². The zero-order valence-corrected chi connectivity index (χ0v) is 16.8. The number of ether oxygens (including phenoxy) is 2. The van der Waals surface area contributed by atoms with Crippen LogP contribution in [0.4, 0.5) is 0 Å². The second-order valence-electron chi connectivity index (χ2n) is 7.36. The van der Waals surface area contributed by atoms with Gasteiger partial charge in [-0.2, -0.15) is 0 Å². The van der Waals surface area contributed by atoms with Crippen LogP contribution in [0, 0.1) is 5.92 Å². The van der Waals surface area contributed by atoms with Crippen LogP contribution in [0.3, 0.4) is 0 Å². The summed E-state index contributed by atoms with van der Waals surface area (Å²) < 4.78 is 10.3. The van der Waals surface area contributed by atoms with Crippen molar-refractivity contribution < 1.29 is 24.2 Å². The van der Waals surface area contributed by atoms with Crippen LogP contribution in [0.25, 0.3) is 0 Å². The molecule has 1 N–H and O–H groups in total. The van der Waals surface area contributed by atoms with E-state index in [4.69, 9.17) is 9.47 Å². The molecule has 1 saturated heterocycles. The molecule has 1 fully saturated rings. The lowest BCUT2D eigenvalue weighted by atomic mass is 9.90. The van der Waals surface area contributed by atoms with E-state index in [9.17, 15) is 14.7 Å². The van der Waals surface area contributed by atoms with Gasteiger partial charge in [-0.3, -0.25) is 4.79 Å². The Morgan fingerprint density at radius 2 is 1.79 bits per heavy atom. The molecule has 0 spiro atoms. The Bertz CT molecular complexity index is 844. The number of likely N-dealkylation sites (tertiary alicyclic amines) is 1. The molecule has 1 unspecified atom stereocenters. The van der Waals surface area contributed by atoms with Crippen molar-refractivity contribution in [3.05, 3.63) is 59.7 Å². The third kappa shape index (κ3) is 5.08. The van der Waals surface area contributed by atoms with Gasteiger partial charge in [-0.15, -0.1) is 0 Å². The van der Waals surface area contributed by atoms with E-state index in [0.29, 0.717) is 19.0 Å². The molecule has 0 radical (unpaired) electrons. The van der Waals surface area contributed by atoms with Crippen LogP contribution in [0.5, 0.6) is 11.5 Å². The number of aromatic hydroxyl groups is 1. The van der Waals surface area contributed by atoms with Crippen LogP contribution in [-0.2, 0) is 16.0 Å². The molecule has 2 aromatic carbocycles. The molecule has 1 aliphatic rings. The lowest BCUT2D eigenvalue weighted by Gasteiger charge is -2.33. The molecule has 0 aromatic heterocycles. The number of para-hydroxylation sites is 1. The number of hydrogen-bond donors (Lipinski definition) is 1. The van der Waals surface area contributed by atoms with Gasteiger partial charge in [0, 0.05) is 13.1 Å². The van der Waals surface area contributed by atoms with Crippen molar-refractivity contribution in [1.82, 2.24) is 4.90 Å². The Morgan fingerprint density at radius 1 is 1.10 bits per heavy atom. The summed E-state index contributed by atoms with van der Waals surface area (Å²) in [4.78, 5) is 26.8. The number of amides is 1. The number of benzene rings is 2. The predicted octanol–water partition coefficient (Wildman–Crippen LogP) is 3.43. The standard InChI is InChI=1S/C23H27NO5/c1-16(29-23(27)19-9-6-10-20(28-2)21(19)25)22(26)24-13-11-18(12-14-24)15-17-7-4-3-5-8-17/h3-10,16,18,25H,11-15H2,1-2H3. The number of esters is 1. The summed E-state index contributed by atoms with van der Waals surface area (Å²) in [6.07, 6.45) is 1.96. The van der Waals surface area contributed by atoms with E-state index in [-0.39, 0.29) is 23.0 Å². The predicted molar refractivity (Wildman–Crippen MR) is 109 cm³/mol. The fraction of sp³-hybridized carbons (Fsp3) is 0.391. The molecule has 1 atom stereocenters. The Hall–Kier alpha value is -3.02. The van der Waals surface area contributed by atoms with Crippen molar-refractivity contribution in [3.8, 4) is 11.5 Å². The van der Waals surface area contributed by atoms with E-state index in [2.05, 4.69) is 12.1 Å². The zero-order chi connectivity index (χ0) is 20.8. The molecule has 1 aliphatic heterocycles. The number of phenols is 1.